The van der Waals surface area contributed by atoms with Crippen LogP contribution in [0, 0.1) is 0 Å². The Balaban J connectivity index is 2.07. The van der Waals surface area contributed by atoms with Gasteiger partial charge in [0, 0.05) is 25.7 Å². The molecule has 2 rings (SSSR count). The third-order valence-electron chi connectivity index (χ3n) is 3.04. The predicted octanol–water partition coefficient (Wildman–Crippen LogP) is 2.52. The van der Waals surface area contributed by atoms with Crippen molar-refractivity contribution in [2.75, 3.05) is 7.05 Å². The van der Waals surface area contributed by atoms with Gasteiger partial charge >= 0.3 is 6.61 Å². The zero-order valence-electron chi connectivity index (χ0n) is 11.4. The number of nitrogens with zero attached hydrogens (tertiary/aromatic N) is 2. The molecule has 1 heterocycles. The number of halogens is 2. The van der Waals surface area contributed by atoms with Crippen LogP contribution in [0.25, 0.3) is 0 Å². The van der Waals surface area contributed by atoms with Gasteiger partial charge < -0.3 is 10.1 Å². The van der Waals surface area contributed by atoms with Gasteiger partial charge in [0.1, 0.15) is 5.75 Å². The molecule has 4 nitrogen and oxygen atoms in total. The number of aromatic nitrogens is 2. The Labute approximate surface area is 116 Å². The fourth-order valence-corrected chi connectivity index (χ4v) is 2.05. The van der Waals surface area contributed by atoms with Crippen LogP contribution in [0.4, 0.5) is 8.78 Å². The zero-order valence-corrected chi connectivity index (χ0v) is 11.4. The van der Waals surface area contributed by atoms with E-state index in [0.717, 1.165) is 17.7 Å². The molecule has 108 valence electrons. The van der Waals surface area contributed by atoms with Crippen molar-refractivity contribution in [2.45, 2.75) is 19.1 Å². The van der Waals surface area contributed by atoms with Crippen LogP contribution in [0.3, 0.4) is 0 Å². The Kier molecular flexibility index (Phi) is 4.68. The number of benzene rings is 1. The van der Waals surface area contributed by atoms with E-state index in [9.17, 15) is 8.78 Å². The van der Waals surface area contributed by atoms with E-state index in [1.165, 1.54) is 0 Å². The first kappa shape index (κ1) is 14.5. The van der Waals surface area contributed by atoms with Crippen LogP contribution in [0.15, 0.2) is 36.5 Å². The van der Waals surface area contributed by atoms with Crippen molar-refractivity contribution in [3.05, 3.63) is 47.8 Å². The Morgan fingerprint density at radius 2 is 1.95 bits per heavy atom. The van der Waals surface area contributed by atoms with Crippen LogP contribution in [0.2, 0.25) is 0 Å². The average Bonchev–Trinajstić information content (AvgIpc) is 2.82. The van der Waals surface area contributed by atoms with Crippen LogP contribution in [0.1, 0.15) is 17.3 Å². The lowest BCUT2D eigenvalue weighted by Crippen LogP contribution is -2.19. The molecule has 0 aliphatic carbocycles. The van der Waals surface area contributed by atoms with E-state index in [-0.39, 0.29) is 11.8 Å². The smallest absolute Gasteiger partial charge is 0.387 e. The minimum absolute atomic E-state index is 0.0745. The molecule has 1 N–H and O–H groups in total. The summed E-state index contributed by atoms with van der Waals surface area (Å²) in [6, 6.07) is 8.68. The summed E-state index contributed by atoms with van der Waals surface area (Å²) in [7, 11) is 3.73. The molecule has 0 bridgehead atoms. The zero-order chi connectivity index (χ0) is 14.5. The van der Waals surface area contributed by atoms with Crippen molar-refractivity contribution >= 4 is 0 Å². The Morgan fingerprint density at radius 3 is 2.45 bits per heavy atom. The third kappa shape index (κ3) is 3.77. The summed E-state index contributed by atoms with van der Waals surface area (Å²) in [5, 5.41) is 7.53. The molecule has 0 spiro atoms. The van der Waals surface area contributed by atoms with E-state index in [4.69, 9.17) is 0 Å². The number of alkyl halides is 2. The number of aryl methyl sites for hydroxylation is 1. The molecule has 0 saturated carbocycles. The first-order valence-corrected chi connectivity index (χ1v) is 6.29. The minimum Gasteiger partial charge on any atom is -0.435 e. The van der Waals surface area contributed by atoms with Gasteiger partial charge in [0.05, 0.1) is 5.69 Å². The van der Waals surface area contributed by atoms with Gasteiger partial charge in [0.25, 0.3) is 0 Å². The van der Waals surface area contributed by atoms with Crippen molar-refractivity contribution in [3.63, 3.8) is 0 Å². The summed E-state index contributed by atoms with van der Waals surface area (Å²) in [6.45, 7) is -2.80. The lowest BCUT2D eigenvalue weighted by Gasteiger charge is -2.16. The standard InChI is InChI=1S/C14H17F2N3O/c1-17-13(9-11-7-8-19(2)18-11)10-3-5-12(6-4-10)20-14(15)16/h3-8,13-14,17H,9H2,1-2H3. The van der Waals surface area contributed by atoms with Gasteiger partial charge in [-0.25, -0.2) is 0 Å². The van der Waals surface area contributed by atoms with Crippen LogP contribution < -0.4 is 10.1 Å². The van der Waals surface area contributed by atoms with Crippen LogP contribution in [0.5, 0.6) is 5.75 Å². The average molecular weight is 281 g/mol. The number of hydrogen-bond donors (Lipinski definition) is 1. The van der Waals surface area contributed by atoms with E-state index in [1.807, 2.05) is 26.4 Å². The number of rotatable bonds is 6. The molecule has 2 aromatic rings. The highest BCUT2D eigenvalue weighted by atomic mass is 19.3. The molecule has 1 aromatic carbocycles. The first-order valence-electron chi connectivity index (χ1n) is 6.29. The van der Waals surface area contributed by atoms with Gasteiger partial charge in [0.2, 0.25) is 0 Å². The predicted molar refractivity (Wildman–Crippen MR) is 71.8 cm³/mol. The summed E-state index contributed by atoms with van der Waals surface area (Å²) in [5.41, 5.74) is 1.97. The van der Waals surface area contributed by atoms with Crippen LogP contribution in [-0.2, 0) is 13.5 Å². The largest absolute Gasteiger partial charge is 0.435 e. The second kappa shape index (κ2) is 6.47. The van der Waals surface area contributed by atoms with Gasteiger partial charge in [-0.3, -0.25) is 4.68 Å². The minimum atomic E-state index is -2.80. The number of nitrogens with one attached hydrogen (secondary N) is 1. The van der Waals surface area contributed by atoms with Crippen molar-refractivity contribution in [1.82, 2.24) is 15.1 Å². The molecule has 6 heteroatoms. The van der Waals surface area contributed by atoms with Gasteiger partial charge in [-0.2, -0.15) is 13.9 Å². The van der Waals surface area contributed by atoms with Crippen molar-refractivity contribution in [1.29, 1.82) is 0 Å². The summed E-state index contributed by atoms with van der Waals surface area (Å²) in [5.74, 6) is 0.163. The normalized spacial score (nSPS) is 12.7. The Morgan fingerprint density at radius 1 is 1.25 bits per heavy atom. The lowest BCUT2D eigenvalue weighted by atomic mass is 10.0. The second-order valence-electron chi connectivity index (χ2n) is 4.47. The number of hydrogen-bond acceptors (Lipinski definition) is 3. The molecule has 1 atom stereocenters. The molecule has 0 aliphatic rings. The highest BCUT2D eigenvalue weighted by Gasteiger charge is 2.12. The highest BCUT2D eigenvalue weighted by Crippen LogP contribution is 2.21. The highest BCUT2D eigenvalue weighted by molar-refractivity contribution is 5.30. The molecule has 0 radical (unpaired) electrons. The first-order chi connectivity index (χ1) is 9.58. The van der Waals surface area contributed by atoms with E-state index in [2.05, 4.69) is 15.2 Å². The van der Waals surface area contributed by atoms with Crippen LogP contribution >= 0.6 is 0 Å². The van der Waals surface area contributed by atoms with E-state index >= 15 is 0 Å². The Hall–Kier alpha value is -1.95. The summed E-state index contributed by atoms with van der Waals surface area (Å²) < 4.78 is 30.3. The molecular weight excluding hydrogens is 264 g/mol. The summed E-state index contributed by atoms with van der Waals surface area (Å²) >= 11 is 0. The van der Waals surface area contributed by atoms with E-state index in [0.29, 0.717) is 0 Å². The molecular formula is C14H17F2N3O. The van der Waals surface area contributed by atoms with Gasteiger partial charge in [-0.15, -0.1) is 0 Å². The van der Waals surface area contributed by atoms with Crippen molar-refractivity contribution in [3.8, 4) is 5.75 Å². The fraction of sp³-hybridized carbons (Fsp3) is 0.357. The van der Waals surface area contributed by atoms with Gasteiger partial charge in [-0.1, -0.05) is 12.1 Å². The molecule has 0 saturated heterocycles. The molecule has 0 fully saturated rings. The van der Waals surface area contributed by atoms with E-state index < -0.39 is 6.61 Å². The Bertz CT molecular complexity index is 540. The number of ether oxygens (including phenoxy) is 1. The maximum atomic E-state index is 12.1. The molecule has 1 unspecified atom stereocenters. The lowest BCUT2D eigenvalue weighted by molar-refractivity contribution is -0.0498. The summed E-state index contributed by atoms with van der Waals surface area (Å²) in [4.78, 5) is 0. The quantitative estimate of drug-likeness (QED) is 0.884. The SMILES string of the molecule is CNC(Cc1ccn(C)n1)c1ccc(OC(F)F)cc1. The van der Waals surface area contributed by atoms with Crippen molar-refractivity contribution < 1.29 is 13.5 Å². The summed E-state index contributed by atoms with van der Waals surface area (Å²) in [6.07, 6.45) is 2.62. The van der Waals surface area contributed by atoms with E-state index in [1.54, 1.807) is 28.9 Å². The van der Waals surface area contributed by atoms with Crippen LogP contribution in [-0.4, -0.2) is 23.4 Å². The molecule has 1 aromatic heterocycles. The molecule has 0 amide bonds. The van der Waals surface area contributed by atoms with Crippen molar-refractivity contribution in [2.24, 2.45) is 7.05 Å². The number of likely N-dealkylation sites (N-methyl/N-ethyl adjacent to an activating group) is 1. The third-order valence-corrected chi connectivity index (χ3v) is 3.04. The molecule has 20 heavy (non-hydrogen) atoms. The fourth-order valence-electron chi connectivity index (χ4n) is 2.05. The topological polar surface area (TPSA) is 39.1 Å². The molecule has 0 aliphatic heterocycles. The monoisotopic (exact) mass is 281 g/mol. The van der Waals surface area contributed by atoms with Gasteiger partial charge in [0.15, 0.2) is 0 Å². The maximum absolute atomic E-state index is 12.1. The second-order valence-corrected chi connectivity index (χ2v) is 4.47. The van der Waals surface area contributed by atoms with Gasteiger partial charge in [-0.05, 0) is 30.8 Å². The maximum Gasteiger partial charge on any atom is 0.387 e.